The first-order valence-corrected chi connectivity index (χ1v) is 35.1. The van der Waals surface area contributed by atoms with Crippen molar-refractivity contribution in [3.8, 4) is 0 Å². The molecule has 462 valence electrons. The van der Waals surface area contributed by atoms with Crippen molar-refractivity contribution in [2.24, 2.45) is 0 Å². The molecule has 0 saturated heterocycles. The molecule has 1 atom stereocenters. The van der Waals surface area contributed by atoms with Gasteiger partial charge in [-0.25, -0.2) is 0 Å². The van der Waals surface area contributed by atoms with Gasteiger partial charge in [-0.3, -0.25) is 14.4 Å². The van der Waals surface area contributed by atoms with Gasteiger partial charge < -0.3 is 14.2 Å². The van der Waals surface area contributed by atoms with Crippen molar-refractivity contribution in [1.29, 1.82) is 0 Å². The summed E-state index contributed by atoms with van der Waals surface area (Å²) in [6.45, 7) is 6.57. The number of allylic oxidation sites excluding steroid dienone is 8. The van der Waals surface area contributed by atoms with Gasteiger partial charge in [-0.2, -0.15) is 0 Å². The maximum absolute atomic E-state index is 12.9. The second-order valence-corrected chi connectivity index (χ2v) is 23.8. The Labute approximate surface area is 492 Å². The van der Waals surface area contributed by atoms with Gasteiger partial charge >= 0.3 is 17.9 Å². The first-order valence-electron chi connectivity index (χ1n) is 35.1. The Balaban J connectivity index is 4.15. The average Bonchev–Trinajstić information content (AvgIpc) is 3.45. The smallest absolute Gasteiger partial charge is 0.306 e. The zero-order valence-electron chi connectivity index (χ0n) is 53.2. The highest BCUT2D eigenvalue weighted by Gasteiger charge is 2.19. The molecule has 0 amide bonds. The van der Waals surface area contributed by atoms with Crippen molar-refractivity contribution in [2.75, 3.05) is 13.2 Å². The normalized spacial score (nSPS) is 12.3. The maximum atomic E-state index is 12.9. The lowest BCUT2D eigenvalue weighted by Crippen LogP contribution is -2.30. The summed E-state index contributed by atoms with van der Waals surface area (Å²) < 4.78 is 16.9. The molecule has 0 aromatic heterocycles. The molecule has 0 saturated carbocycles. The molecule has 0 bridgehead atoms. The van der Waals surface area contributed by atoms with E-state index in [-0.39, 0.29) is 31.1 Å². The van der Waals surface area contributed by atoms with Crippen molar-refractivity contribution >= 4 is 17.9 Å². The fourth-order valence-electron chi connectivity index (χ4n) is 10.6. The van der Waals surface area contributed by atoms with Crippen LogP contribution in [0.5, 0.6) is 0 Å². The molecule has 0 aliphatic heterocycles. The minimum atomic E-state index is -0.784. The number of unbranched alkanes of at least 4 members (excludes halogenated alkanes) is 46. The van der Waals surface area contributed by atoms with Crippen molar-refractivity contribution < 1.29 is 28.6 Å². The van der Waals surface area contributed by atoms with Crippen molar-refractivity contribution in [3.63, 3.8) is 0 Å². The second-order valence-electron chi connectivity index (χ2n) is 23.8. The monoisotopic (exact) mass is 1110 g/mol. The van der Waals surface area contributed by atoms with E-state index in [2.05, 4.69) is 69.4 Å². The predicted molar refractivity (Wildman–Crippen MR) is 344 cm³/mol. The first kappa shape index (κ1) is 76.4. The summed E-state index contributed by atoms with van der Waals surface area (Å²) in [6.07, 6.45) is 85.9. The summed E-state index contributed by atoms with van der Waals surface area (Å²) in [5.74, 6) is -0.878. The van der Waals surface area contributed by atoms with Gasteiger partial charge in [0.2, 0.25) is 0 Å². The number of esters is 3. The Hall–Kier alpha value is -2.63. The summed E-state index contributed by atoms with van der Waals surface area (Å²) in [6, 6.07) is 0. The van der Waals surface area contributed by atoms with E-state index in [9.17, 15) is 14.4 Å². The van der Waals surface area contributed by atoms with E-state index in [1.807, 2.05) is 0 Å². The third-order valence-corrected chi connectivity index (χ3v) is 15.8. The Kier molecular flexibility index (Phi) is 65.6. The van der Waals surface area contributed by atoms with Crippen LogP contribution in [0.4, 0.5) is 0 Å². The summed E-state index contributed by atoms with van der Waals surface area (Å²) in [5.41, 5.74) is 0. The van der Waals surface area contributed by atoms with E-state index in [4.69, 9.17) is 14.2 Å². The zero-order valence-corrected chi connectivity index (χ0v) is 53.2. The molecule has 0 aliphatic rings. The van der Waals surface area contributed by atoms with Crippen LogP contribution in [-0.2, 0) is 28.6 Å². The molecule has 6 heteroatoms. The molecule has 0 aliphatic carbocycles. The molecule has 0 radical (unpaired) electrons. The Morgan fingerprint density at radius 2 is 0.494 bits per heavy atom. The van der Waals surface area contributed by atoms with Crippen LogP contribution in [0.2, 0.25) is 0 Å². The molecule has 1 unspecified atom stereocenters. The second kappa shape index (κ2) is 67.9. The average molecular weight is 1110 g/mol. The van der Waals surface area contributed by atoms with Gasteiger partial charge in [0.25, 0.3) is 0 Å². The van der Waals surface area contributed by atoms with Gasteiger partial charge in [0.15, 0.2) is 6.10 Å². The highest BCUT2D eigenvalue weighted by atomic mass is 16.6. The number of carbonyl (C=O) groups excluding carboxylic acids is 3. The largest absolute Gasteiger partial charge is 0.462 e. The zero-order chi connectivity index (χ0) is 57.1. The van der Waals surface area contributed by atoms with E-state index in [0.717, 1.165) is 96.3 Å². The highest BCUT2D eigenvalue weighted by molar-refractivity contribution is 5.71. The van der Waals surface area contributed by atoms with Crippen molar-refractivity contribution in [3.05, 3.63) is 48.6 Å². The van der Waals surface area contributed by atoms with Gasteiger partial charge in [0.1, 0.15) is 13.2 Å². The summed E-state index contributed by atoms with van der Waals surface area (Å²) in [4.78, 5) is 38.3. The lowest BCUT2D eigenvalue weighted by atomic mass is 10.0. The van der Waals surface area contributed by atoms with E-state index in [0.29, 0.717) is 19.3 Å². The summed E-state index contributed by atoms with van der Waals surface area (Å²) in [7, 11) is 0. The molecule has 0 spiro atoms. The van der Waals surface area contributed by atoms with Crippen LogP contribution in [0.25, 0.3) is 0 Å². The van der Waals surface area contributed by atoms with Crippen LogP contribution in [-0.4, -0.2) is 37.2 Å². The van der Waals surface area contributed by atoms with Crippen molar-refractivity contribution in [2.45, 2.75) is 386 Å². The van der Waals surface area contributed by atoms with E-state index >= 15 is 0 Å². The SMILES string of the molecule is CC/C=C\C/C=C\C/C=C\C/C=C\CCCCCCC(=O)OC(COC(=O)CCCCCCCCCCCCCCC)COC(=O)CCCCCCCCCCCCCCCCCCCCCCCCCCCCCCCCC. The third kappa shape index (κ3) is 66.1. The minimum Gasteiger partial charge on any atom is -0.462 e. The Morgan fingerprint density at radius 3 is 0.772 bits per heavy atom. The van der Waals surface area contributed by atoms with Gasteiger partial charge in [0, 0.05) is 19.3 Å². The van der Waals surface area contributed by atoms with Crippen LogP contribution >= 0.6 is 0 Å². The number of hydrogen-bond donors (Lipinski definition) is 0. The molecule has 79 heavy (non-hydrogen) atoms. The van der Waals surface area contributed by atoms with Crippen molar-refractivity contribution in [1.82, 2.24) is 0 Å². The van der Waals surface area contributed by atoms with Crippen LogP contribution < -0.4 is 0 Å². The van der Waals surface area contributed by atoms with Gasteiger partial charge in [-0.15, -0.1) is 0 Å². The quantitative estimate of drug-likeness (QED) is 0.0261. The predicted octanol–water partition coefficient (Wildman–Crippen LogP) is 24.1. The summed E-state index contributed by atoms with van der Waals surface area (Å²) in [5, 5.41) is 0. The molecule has 0 heterocycles. The van der Waals surface area contributed by atoms with E-state index in [1.165, 1.54) is 244 Å². The fourth-order valence-corrected chi connectivity index (χ4v) is 10.6. The van der Waals surface area contributed by atoms with E-state index < -0.39 is 6.10 Å². The van der Waals surface area contributed by atoms with Crippen LogP contribution in [0, 0.1) is 0 Å². The number of ether oxygens (including phenoxy) is 3. The standard InChI is InChI=1S/C73H134O6/c1-4-7-10-13-16-19-22-25-27-29-30-31-32-33-34-35-36-37-38-39-40-41-42-44-45-48-51-54-57-60-63-66-72(75)78-69-70(68-77-71(74)65-62-59-56-53-50-47-24-21-18-15-12-9-6-3)79-73(76)67-64-61-58-55-52-49-46-43-28-26-23-20-17-14-11-8-5-2/h8,11,17,20,26,28,46,49,70H,4-7,9-10,12-16,18-19,21-25,27,29-45,47-48,50-69H2,1-3H3/b11-8-,20-17-,28-26-,49-46-. The number of rotatable bonds is 65. The van der Waals surface area contributed by atoms with E-state index in [1.54, 1.807) is 0 Å². The van der Waals surface area contributed by atoms with Gasteiger partial charge in [-0.05, 0) is 57.8 Å². The van der Waals surface area contributed by atoms with Gasteiger partial charge in [0.05, 0.1) is 0 Å². The Bertz CT molecular complexity index is 1360. The lowest BCUT2D eigenvalue weighted by molar-refractivity contribution is -0.167. The maximum Gasteiger partial charge on any atom is 0.306 e. The van der Waals surface area contributed by atoms with Gasteiger partial charge in [-0.1, -0.05) is 352 Å². The molecular weight excluding hydrogens is 973 g/mol. The number of hydrogen-bond acceptors (Lipinski definition) is 6. The lowest BCUT2D eigenvalue weighted by Gasteiger charge is -2.18. The Morgan fingerprint density at radius 1 is 0.266 bits per heavy atom. The van der Waals surface area contributed by atoms with Crippen LogP contribution in [0.3, 0.4) is 0 Å². The minimum absolute atomic E-state index is 0.0783. The molecular formula is C73H134O6. The molecule has 0 rings (SSSR count). The molecule has 0 N–H and O–H groups in total. The van der Waals surface area contributed by atoms with Crippen LogP contribution in [0.15, 0.2) is 48.6 Å². The summed E-state index contributed by atoms with van der Waals surface area (Å²) >= 11 is 0. The molecule has 0 aromatic rings. The first-order chi connectivity index (χ1) is 39.0. The highest BCUT2D eigenvalue weighted by Crippen LogP contribution is 2.19. The topological polar surface area (TPSA) is 78.9 Å². The fraction of sp³-hybridized carbons (Fsp3) is 0.849. The number of carbonyl (C=O) groups is 3. The molecule has 0 fully saturated rings. The molecule has 6 nitrogen and oxygen atoms in total. The van der Waals surface area contributed by atoms with Crippen LogP contribution in [0.1, 0.15) is 380 Å². The molecule has 0 aromatic carbocycles. The third-order valence-electron chi connectivity index (χ3n) is 15.8.